The van der Waals surface area contributed by atoms with Gasteiger partial charge in [-0.1, -0.05) is 13.3 Å². The fraction of sp³-hybridized carbons (Fsp3) is 0.438. The van der Waals surface area contributed by atoms with Gasteiger partial charge in [0.25, 0.3) is 17.7 Å². The van der Waals surface area contributed by atoms with Gasteiger partial charge in [0.1, 0.15) is 5.75 Å². The van der Waals surface area contributed by atoms with Crippen molar-refractivity contribution in [2.24, 2.45) is 0 Å². The van der Waals surface area contributed by atoms with E-state index in [0.29, 0.717) is 17.9 Å². The third-order valence-corrected chi connectivity index (χ3v) is 3.43. The SMILES string of the molecule is CCCCOc1ccc(C(=O)N(C)C(C(=O)NC)C(=O)NO)cc1. The minimum absolute atomic E-state index is 0.292. The molecule has 0 aromatic heterocycles. The topological polar surface area (TPSA) is 108 Å². The van der Waals surface area contributed by atoms with Crippen LogP contribution in [0.25, 0.3) is 0 Å². The number of unbranched alkanes of at least 4 members (excludes halogenated alkanes) is 1. The molecule has 0 saturated heterocycles. The first-order valence-electron chi connectivity index (χ1n) is 7.61. The standard InChI is InChI=1S/C16H23N3O5/c1-4-5-10-24-12-8-6-11(7-9-12)16(22)19(3)13(14(20)17-2)15(21)18-23/h6-9,13,23H,4-5,10H2,1-3H3,(H,17,20)(H,18,21). The molecule has 0 fully saturated rings. The summed E-state index contributed by atoms with van der Waals surface area (Å²) in [4.78, 5) is 36.8. The van der Waals surface area contributed by atoms with Crippen molar-refractivity contribution in [3.05, 3.63) is 29.8 Å². The van der Waals surface area contributed by atoms with Crippen molar-refractivity contribution < 1.29 is 24.3 Å². The molecule has 0 radical (unpaired) electrons. The Morgan fingerprint density at radius 2 is 1.83 bits per heavy atom. The Hall–Kier alpha value is -2.61. The second-order valence-electron chi connectivity index (χ2n) is 5.14. The van der Waals surface area contributed by atoms with Gasteiger partial charge in [-0.25, -0.2) is 5.48 Å². The van der Waals surface area contributed by atoms with Crippen molar-refractivity contribution >= 4 is 17.7 Å². The normalized spacial score (nSPS) is 11.3. The van der Waals surface area contributed by atoms with Gasteiger partial charge >= 0.3 is 0 Å². The number of ether oxygens (including phenoxy) is 1. The van der Waals surface area contributed by atoms with Crippen molar-refractivity contribution in [3.63, 3.8) is 0 Å². The van der Waals surface area contributed by atoms with Crippen LogP contribution in [0.3, 0.4) is 0 Å². The molecule has 1 aromatic rings. The lowest BCUT2D eigenvalue weighted by Gasteiger charge is -2.25. The molecule has 132 valence electrons. The van der Waals surface area contributed by atoms with E-state index in [1.54, 1.807) is 24.3 Å². The van der Waals surface area contributed by atoms with Crippen LogP contribution in [-0.4, -0.2) is 54.6 Å². The highest BCUT2D eigenvalue weighted by Gasteiger charge is 2.33. The predicted molar refractivity (Wildman–Crippen MR) is 86.7 cm³/mol. The molecule has 0 heterocycles. The number of amides is 3. The van der Waals surface area contributed by atoms with Crippen LogP contribution in [-0.2, 0) is 9.59 Å². The summed E-state index contributed by atoms with van der Waals surface area (Å²) in [5.41, 5.74) is 1.68. The molecule has 8 nitrogen and oxygen atoms in total. The lowest BCUT2D eigenvalue weighted by atomic mass is 10.1. The van der Waals surface area contributed by atoms with E-state index >= 15 is 0 Å². The number of rotatable bonds is 8. The summed E-state index contributed by atoms with van der Waals surface area (Å²) in [5, 5.41) is 11.0. The quantitative estimate of drug-likeness (QED) is 0.278. The minimum atomic E-state index is -1.48. The average molecular weight is 337 g/mol. The summed E-state index contributed by atoms with van der Waals surface area (Å²) in [6.45, 7) is 2.66. The first-order valence-corrected chi connectivity index (χ1v) is 7.61. The highest BCUT2D eigenvalue weighted by Crippen LogP contribution is 2.15. The van der Waals surface area contributed by atoms with Gasteiger partial charge < -0.3 is 15.0 Å². The van der Waals surface area contributed by atoms with Gasteiger partial charge in [0.05, 0.1) is 6.61 Å². The molecule has 1 unspecified atom stereocenters. The van der Waals surface area contributed by atoms with E-state index in [4.69, 9.17) is 9.94 Å². The molecule has 3 amide bonds. The van der Waals surface area contributed by atoms with E-state index in [1.807, 2.05) is 0 Å². The van der Waals surface area contributed by atoms with Crippen LogP contribution in [0.5, 0.6) is 5.75 Å². The Balaban J connectivity index is 2.86. The lowest BCUT2D eigenvalue weighted by molar-refractivity contribution is -0.140. The maximum atomic E-state index is 12.4. The highest BCUT2D eigenvalue weighted by molar-refractivity contribution is 6.08. The number of hydrogen-bond donors (Lipinski definition) is 3. The molecule has 0 spiro atoms. The van der Waals surface area contributed by atoms with Gasteiger partial charge in [-0.3, -0.25) is 19.6 Å². The van der Waals surface area contributed by atoms with E-state index in [0.717, 1.165) is 17.7 Å². The molecule has 0 aliphatic heterocycles. The van der Waals surface area contributed by atoms with Crippen molar-refractivity contribution in [1.29, 1.82) is 0 Å². The van der Waals surface area contributed by atoms with Crippen molar-refractivity contribution in [2.75, 3.05) is 20.7 Å². The second-order valence-corrected chi connectivity index (χ2v) is 5.14. The predicted octanol–water partition coefficient (Wildman–Crippen LogP) is 0.558. The number of likely N-dealkylation sites (N-methyl/N-ethyl adjacent to an activating group) is 2. The van der Waals surface area contributed by atoms with Gasteiger partial charge in [-0.05, 0) is 30.7 Å². The number of benzene rings is 1. The molecular weight excluding hydrogens is 314 g/mol. The van der Waals surface area contributed by atoms with Crippen LogP contribution in [0.4, 0.5) is 0 Å². The van der Waals surface area contributed by atoms with Crippen LogP contribution in [0.15, 0.2) is 24.3 Å². The van der Waals surface area contributed by atoms with Crippen LogP contribution in [0, 0.1) is 0 Å². The van der Waals surface area contributed by atoms with Crippen LogP contribution in [0.1, 0.15) is 30.1 Å². The van der Waals surface area contributed by atoms with Gasteiger partial charge in [-0.15, -0.1) is 0 Å². The molecule has 0 aliphatic rings. The van der Waals surface area contributed by atoms with Crippen molar-refractivity contribution in [1.82, 2.24) is 15.7 Å². The third kappa shape index (κ3) is 4.95. The number of nitrogens with zero attached hydrogens (tertiary/aromatic N) is 1. The number of hydroxylamine groups is 1. The van der Waals surface area contributed by atoms with E-state index in [9.17, 15) is 14.4 Å². The van der Waals surface area contributed by atoms with Crippen LogP contribution in [0.2, 0.25) is 0 Å². The maximum Gasteiger partial charge on any atom is 0.275 e. The van der Waals surface area contributed by atoms with Crippen LogP contribution < -0.4 is 15.5 Å². The summed E-state index contributed by atoms with van der Waals surface area (Å²) in [7, 11) is 2.64. The summed E-state index contributed by atoms with van der Waals surface area (Å²) in [6.07, 6.45) is 1.96. The first-order chi connectivity index (χ1) is 11.5. The number of nitrogens with one attached hydrogen (secondary N) is 2. The Bertz CT molecular complexity index is 558. The first kappa shape index (κ1) is 19.4. The zero-order valence-corrected chi connectivity index (χ0v) is 14.0. The molecule has 8 heteroatoms. The molecule has 0 saturated carbocycles. The smallest absolute Gasteiger partial charge is 0.275 e. The van der Waals surface area contributed by atoms with Gasteiger partial charge in [0.2, 0.25) is 0 Å². The highest BCUT2D eigenvalue weighted by atomic mass is 16.5. The molecule has 3 N–H and O–H groups in total. The van der Waals surface area contributed by atoms with E-state index in [2.05, 4.69) is 12.2 Å². The van der Waals surface area contributed by atoms with Crippen molar-refractivity contribution in [3.8, 4) is 5.75 Å². The Kier molecular flexibility index (Phi) is 7.70. The monoisotopic (exact) mass is 337 g/mol. The lowest BCUT2D eigenvalue weighted by Crippen LogP contribution is -2.54. The van der Waals surface area contributed by atoms with Crippen LogP contribution >= 0.6 is 0 Å². The third-order valence-electron chi connectivity index (χ3n) is 3.43. The second kappa shape index (κ2) is 9.51. The minimum Gasteiger partial charge on any atom is -0.494 e. The number of hydrogen-bond acceptors (Lipinski definition) is 5. The maximum absolute atomic E-state index is 12.4. The zero-order valence-electron chi connectivity index (χ0n) is 14.0. The van der Waals surface area contributed by atoms with Crippen molar-refractivity contribution in [2.45, 2.75) is 25.8 Å². The Labute approximate surface area is 140 Å². The average Bonchev–Trinajstić information content (AvgIpc) is 2.61. The summed E-state index contributed by atoms with van der Waals surface area (Å²) in [6, 6.07) is 4.93. The molecular formula is C16H23N3O5. The molecule has 0 aliphatic carbocycles. The zero-order chi connectivity index (χ0) is 18.1. The molecule has 1 atom stereocenters. The van der Waals surface area contributed by atoms with E-state index in [-0.39, 0.29) is 0 Å². The summed E-state index contributed by atoms with van der Waals surface area (Å²) >= 11 is 0. The van der Waals surface area contributed by atoms with Gasteiger partial charge in [0.15, 0.2) is 6.04 Å². The summed E-state index contributed by atoms with van der Waals surface area (Å²) < 4.78 is 5.51. The Morgan fingerprint density at radius 1 is 1.21 bits per heavy atom. The number of carbonyl (C=O) groups excluding carboxylic acids is 3. The molecule has 1 rings (SSSR count). The van der Waals surface area contributed by atoms with Gasteiger partial charge in [0, 0.05) is 19.7 Å². The fourth-order valence-corrected chi connectivity index (χ4v) is 2.02. The van der Waals surface area contributed by atoms with Gasteiger partial charge in [-0.2, -0.15) is 0 Å². The Morgan fingerprint density at radius 3 is 2.33 bits per heavy atom. The fourth-order valence-electron chi connectivity index (χ4n) is 2.02. The largest absolute Gasteiger partial charge is 0.494 e. The number of carbonyl (C=O) groups is 3. The van der Waals surface area contributed by atoms with E-state index in [1.165, 1.54) is 19.6 Å². The molecule has 1 aromatic carbocycles. The summed E-state index contributed by atoms with van der Waals surface area (Å²) in [5.74, 6) is -1.60. The van der Waals surface area contributed by atoms with E-state index < -0.39 is 23.8 Å². The molecule has 0 bridgehead atoms. The molecule has 24 heavy (non-hydrogen) atoms.